The highest BCUT2D eigenvalue weighted by Gasteiger charge is 2.22. The highest BCUT2D eigenvalue weighted by atomic mass is 32.2. The van der Waals surface area contributed by atoms with E-state index in [-0.39, 0.29) is 5.91 Å². The maximum Gasteiger partial charge on any atom is 0.263 e. The average Bonchev–Trinajstić information content (AvgIpc) is 3.06. The maximum atomic E-state index is 11.8. The molecule has 1 saturated heterocycles. The number of nitrogens with one attached hydrogen (secondary N) is 1. The Hall–Kier alpha value is -2.71. The SMILES string of the molecule is CCOc1cc(C=C2SC(=S)NC2=O)ccc1OCCCOc1ccc(OC)cc1. The predicted octanol–water partition coefficient (Wildman–Crippen LogP) is 4.43. The summed E-state index contributed by atoms with van der Waals surface area (Å²) >= 11 is 6.27. The van der Waals surface area contributed by atoms with Gasteiger partial charge in [-0.25, -0.2) is 0 Å². The summed E-state index contributed by atoms with van der Waals surface area (Å²) < 4.78 is 22.9. The highest BCUT2D eigenvalue weighted by Crippen LogP contribution is 2.32. The highest BCUT2D eigenvalue weighted by molar-refractivity contribution is 8.26. The first-order valence-corrected chi connectivity index (χ1v) is 10.7. The van der Waals surface area contributed by atoms with Gasteiger partial charge >= 0.3 is 0 Å². The van der Waals surface area contributed by atoms with Gasteiger partial charge in [0.25, 0.3) is 5.91 Å². The molecule has 8 heteroatoms. The van der Waals surface area contributed by atoms with Crippen molar-refractivity contribution in [3.05, 3.63) is 52.9 Å². The quantitative estimate of drug-likeness (QED) is 0.330. The molecule has 158 valence electrons. The summed E-state index contributed by atoms with van der Waals surface area (Å²) in [6, 6.07) is 13.0. The Balaban J connectivity index is 1.54. The van der Waals surface area contributed by atoms with Gasteiger partial charge < -0.3 is 24.3 Å². The molecule has 0 aromatic heterocycles. The third kappa shape index (κ3) is 6.14. The summed E-state index contributed by atoms with van der Waals surface area (Å²) in [5.41, 5.74) is 0.844. The van der Waals surface area contributed by atoms with Gasteiger partial charge in [0.15, 0.2) is 11.5 Å². The third-order valence-corrected chi connectivity index (χ3v) is 5.24. The van der Waals surface area contributed by atoms with Gasteiger partial charge in [0.05, 0.1) is 31.8 Å². The zero-order valence-electron chi connectivity index (χ0n) is 16.8. The van der Waals surface area contributed by atoms with Crippen molar-refractivity contribution in [1.82, 2.24) is 5.32 Å². The van der Waals surface area contributed by atoms with E-state index in [4.69, 9.17) is 31.2 Å². The number of carbonyl (C=O) groups is 1. The zero-order valence-corrected chi connectivity index (χ0v) is 18.4. The Morgan fingerprint density at radius 3 is 2.40 bits per heavy atom. The molecule has 2 aromatic carbocycles. The van der Waals surface area contributed by atoms with E-state index < -0.39 is 0 Å². The molecule has 0 aliphatic carbocycles. The molecule has 30 heavy (non-hydrogen) atoms. The largest absolute Gasteiger partial charge is 0.497 e. The fourth-order valence-corrected chi connectivity index (χ4v) is 3.72. The summed E-state index contributed by atoms with van der Waals surface area (Å²) in [5, 5.41) is 2.61. The van der Waals surface area contributed by atoms with E-state index in [2.05, 4.69) is 5.32 Å². The van der Waals surface area contributed by atoms with Crippen LogP contribution in [0, 0.1) is 0 Å². The monoisotopic (exact) mass is 445 g/mol. The number of methoxy groups -OCH3 is 1. The van der Waals surface area contributed by atoms with Crippen LogP contribution in [-0.4, -0.2) is 37.2 Å². The van der Waals surface area contributed by atoms with E-state index in [0.29, 0.717) is 40.5 Å². The van der Waals surface area contributed by atoms with E-state index in [9.17, 15) is 4.79 Å². The minimum absolute atomic E-state index is 0.180. The van der Waals surface area contributed by atoms with Crippen LogP contribution in [0.1, 0.15) is 18.9 Å². The van der Waals surface area contributed by atoms with E-state index in [0.717, 1.165) is 23.5 Å². The zero-order chi connectivity index (χ0) is 21.3. The molecule has 0 spiro atoms. The lowest BCUT2D eigenvalue weighted by Crippen LogP contribution is -2.17. The molecule has 1 aliphatic rings. The summed E-state index contributed by atoms with van der Waals surface area (Å²) in [7, 11) is 1.63. The van der Waals surface area contributed by atoms with Gasteiger partial charge in [0.1, 0.15) is 15.8 Å². The van der Waals surface area contributed by atoms with Crippen molar-refractivity contribution >= 4 is 40.3 Å². The second kappa shape index (κ2) is 10.9. The molecule has 1 N–H and O–H groups in total. The lowest BCUT2D eigenvalue weighted by Gasteiger charge is -2.13. The molecule has 1 heterocycles. The van der Waals surface area contributed by atoms with E-state index in [1.807, 2.05) is 49.4 Å². The van der Waals surface area contributed by atoms with Crippen LogP contribution in [0.5, 0.6) is 23.0 Å². The number of carbonyl (C=O) groups excluding carboxylic acids is 1. The van der Waals surface area contributed by atoms with Crippen LogP contribution in [-0.2, 0) is 4.79 Å². The molecule has 0 radical (unpaired) electrons. The molecule has 2 aromatic rings. The normalized spacial score (nSPS) is 14.5. The first kappa shape index (κ1) is 22.0. The minimum Gasteiger partial charge on any atom is -0.497 e. The Labute approximate surface area is 185 Å². The Morgan fingerprint density at radius 1 is 1.00 bits per heavy atom. The Bertz CT molecular complexity index is 928. The van der Waals surface area contributed by atoms with Crippen molar-refractivity contribution in [1.29, 1.82) is 0 Å². The molecule has 0 atom stereocenters. The van der Waals surface area contributed by atoms with Crippen molar-refractivity contribution in [3.63, 3.8) is 0 Å². The number of ether oxygens (including phenoxy) is 4. The first-order chi connectivity index (χ1) is 14.6. The average molecular weight is 446 g/mol. The van der Waals surface area contributed by atoms with Gasteiger partial charge in [-0.3, -0.25) is 4.79 Å². The van der Waals surface area contributed by atoms with Gasteiger partial charge in [-0.1, -0.05) is 30.0 Å². The summed E-state index contributed by atoms with van der Waals surface area (Å²) in [6.07, 6.45) is 2.51. The number of thioether (sulfide) groups is 1. The van der Waals surface area contributed by atoms with Crippen LogP contribution in [0.25, 0.3) is 6.08 Å². The number of hydrogen-bond donors (Lipinski definition) is 1. The van der Waals surface area contributed by atoms with Crippen LogP contribution in [0.4, 0.5) is 0 Å². The number of thiocarbonyl (C=S) groups is 1. The van der Waals surface area contributed by atoms with Gasteiger partial charge in [-0.15, -0.1) is 0 Å². The van der Waals surface area contributed by atoms with Crippen molar-refractivity contribution in [2.45, 2.75) is 13.3 Å². The number of amides is 1. The summed E-state index contributed by atoms with van der Waals surface area (Å²) in [6.45, 7) is 3.45. The lowest BCUT2D eigenvalue weighted by molar-refractivity contribution is -0.115. The molecule has 0 unspecified atom stereocenters. The smallest absolute Gasteiger partial charge is 0.263 e. The molecule has 1 fully saturated rings. The van der Waals surface area contributed by atoms with Gasteiger partial charge in [-0.2, -0.15) is 0 Å². The van der Waals surface area contributed by atoms with Crippen molar-refractivity contribution in [3.8, 4) is 23.0 Å². The standard InChI is InChI=1S/C22H23NO5S2/c1-3-26-19-13-15(14-20-21(24)23-22(29)30-20)5-10-18(19)28-12-4-11-27-17-8-6-16(25-2)7-9-17/h5-10,13-14H,3-4,11-12H2,1-2H3,(H,23,24,29). The molecule has 3 rings (SSSR count). The Morgan fingerprint density at radius 2 is 1.73 bits per heavy atom. The van der Waals surface area contributed by atoms with Crippen molar-refractivity contribution in [2.75, 3.05) is 26.9 Å². The molecular formula is C22H23NO5S2. The number of benzene rings is 2. The van der Waals surface area contributed by atoms with Crippen LogP contribution in [0.15, 0.2) is 47.4 Å². The maximum absolute atomic E-state index is 11.8. The molecule has 0 saturated carbocycles. The van der Waals surface area contributed by atoms with Crippen LogP contribution in [0.2, 0.25) is 0 Å². The minimum atomic E-state index is -0.180. The van der Waals surface area contributed by atoms with Crippen LogP contribution >= 0.6 is 24.0 Å². The molecule has 0 bridgehead atoms. The van der Waals surface area contributed by atoms with Gasteiger partial charge in [-0.05, 0) is 55.0 Å². The van der Waals surface area contributed by atoms with E-state index >= 15 is 0 Å². The second-order valence-corrected chi connectivity index (χ2v) is 7.94. The molecule has 6 nitrogen and oxygen atoms in total. The van der Waals surface area contributed by atoms with E-state index in [1.165, 1.54) is 11.8 Å². The molecule has 1 amide bonds. The summed E-state index contributed by atoms with van der Waals surface area (Å²) in [4.78, 5) is 12.4. The summed E-state index contributed by atoms with van der Waals surface area (Å²) in [5.74, 6) is 2.69. The molecule has 1 aliphatic heterocycles. The van der Waals surface area contributed by atoms with Crippen molar-refractivity contribution in [2.24, 2.45) is 0 Å². The van der Waals surface area contributed by atoms with Gasteiger partial charge in [0, 0.05) is 6.42 Å². The number of hydrogen-bond acceptors (Lipinski definition) is 7. The van der Waals surface area contributed by atoms with Crippen LogP contribution < -0.4 is 24.3 Å². The van der Waals surface area contributed by atoms with Crippen LogP contribution in [0.3, 0.4) is 0 Å². The Kier molecular flexibility index (Phi) is 7.98. The first-order valence-electron chi connectivity index (χ1n) is 9.50. The van der Waals surface area contributed by atoms with Gasteiger partial charge in [0.2, 0.25) is 0 Å². The second-order valence-electron chi connectivity index (χ2n) is 6.22. The molecular weight excluding hydrogens is 422 g/mol. The van der Waals surface area contributed by atoms with E-state index in [1.54, 1.807) is 13.2 Å². The fourth-order valence-electron chi connectivity index (χ4n) is 2.68. The predicted molar refractivity (Wildman–Crippen MR) is 123 cm³/mol. The number of rotatable bonds is 10. The lowest BCUT2D eigenvalue weighted by atomic mass is 10.2. The van der Waals surface area contributed by atoms with Crippen molar-refractivity contribution < 1.29 is 23.7 Å². The fraction of sp³-hybridized carbons (Fsp3) is 0.273. The third-order valence-electron chi connectivity index (χ3n) is 4.08. The topological polar surface area (TPSA) is 66.0 Å².